The van der Waals surface area contributed by atoms with Crippen LogP contribution in [-0.4, -0.2) is 35.1 Å². The Kier molecular flexibility index (Phi) is 7.74. The van der Waals surface area contributed by atoms with Crippen LogP contribution in [0, 0.1) is 12.7 Å². The first kappa shape index (κ1) is 25.7. The van der Waals surface area contributed by atoms with E-state index in [2.05, 4.69) is 34.5 Å². The minimum Gasteiger partial charge on any atom is -0.380 e. The number of benzene rings is 3. The Morgan fingerprint density at radius 1 is 1.08 bits per heavy atom. The lowest BCUT2D eigenvalue weighted by Crippen LogP contribution is -2.36. The van der Waals surface area contributed by atoms with E-state index in [-0.39, 0.29) is 23.7 Å². The summed E-state index contributed by atoms with van der Waals surface area (Å²) in [5.74, 6) is -1.51. The van der Waals surface area contributed by atoms with Gasteiger partial charge in [-0.2, -0.15) is 4.98 Å². The van der Waals surface area contributed by atoms with Crippen LogP contribution in [0.2, 0.25) is 0 Å². The van der Waals surface area contributed by atoms with Gasteiger partial charge in [-0.1, -0.05) is 41.6 Å². The number of rotatable bonds is 9. The molecule has 3 N–H and O–H groups in total. The predicted molar refractivity (Wildman–Crippen MR) is 137 cm³/mol. The van der Waals surface area contributed by atoms with Crippen LogP contribution >= 0.6 is 0 Å². The number of methoxy groups -OCH3 is 1. The van der Waals surface area contributed by atoms with Gasteiger partial charge in [0, 0.05) is 30.7 Å². The molecule has 4 rings (SSSR count). The van der Waals surface area contributed by atoms with Gasteiger partial charge in [-0.05, 0) is 60.4 Å². The predicted octanol–water partition coefficient (Wildman–Crippen LogP) is 4.66. The van der Waals surface area contributed by atoms with Crippen molar-refractivity contribution in [3.8, 4) is 34.0 Å². The number of carbonyl (C=O) groups is 2. The van der Waals surface area contributed by atoms with Crippen LogP contribution in [0.4, 0.5) is 4.39 Å². The summed E-state index contributed by atoms with van der Waals surface area (Å²) in [6.45, 7) is 4.06. The van der Waals surface area contributed by atoms with Gasteiger partial charge in [0.15, 0.2) is 0 Å². The van der Waals surface area contributed by atoms with Crippen LogP contribution in [0.3, 0.4) is 0 Å². The van der Waals surface area contributed by atoms with Crippen molar-refractivity contribution in [1.29, 1.82) is 0 Å². The SMILES string of the molecule is COCc1cc(-c2nc(-c3ccc(C(=O)NC(C)CC(N)=O)c(F)c3)no2)ccc1-c1ccccc1C. The molecular weight excluding hydrogens is 475 g/mol. The maximum absolute atomic E-state index is 14.8. The van der Waals surface area contributed by atoms with Crippen molar-refractivity contribution in [2.75, 3.05) is 7.11 Å². The van der Waals surface area contributed by atoms with Crippen LogP contribution < -0.4 is 11.1 Å². The van der Waals surface area contributed by atoms with Gasteiger partial charge < -0.3 is 20.3 Å². The minimum atomic E-state index is -0.752. The molecule has 0 aliphatic rings. The Hall–Kier alpha value is -4.37. The average molecular weight is 503 g/mol. The Bertz CT molecular complexity index is 1450. The van der Waals surface area contributed by atoms with Crippen molar-refractivity contribution >= 4 is 11.8 Å². The second-order valence-electron chi connectivity index (χ2n) is 8.78. The number of aryl methyl sites for hydroxylation is 1. The Morgan fingerprint density at radius 2 is 1.84 bits per heavy atom. The van der Waals surface area contributed by atoms with E-state index in [1.165, 1.54) is 18.2 Å². The van der Waals surface area contributed by atoms with Gasteiger partial charge >= 0.3 is 0 Å². The monoisotopic (exact) mass is 502 g/mol. The summed E-state index contributed by atoms with van der Waals surface area (Å²) in [5, 5.41) is 6.54. The van der Waals surface area contributed by atoms with E-state index in [1.807, 2.05) is 30.3 Å². The molecular formula is C28H27FN4O4. The Morgan fingerprint density at radius 3 is 2.54 bits per heavy atom. The standard InChI is InChI=1S/C28H27FN4O4/c1-16-6-4-5-7-21(16)22-10-9-19(13-20(22)15-36-3)28-32-26(33-37-28)18-8-11-23(24(29)14-18)27(35)31-17(2)12-25(30)34/h4-11,13-14,17H,12,15H2,1-3H3,(H2,30,34)(H,31,35). The molecule has 4 aromatic rings. The highest BCUT2D eigenvalue weighted by Crippen LogP contribution is 2.32. The second kappa shape index (κ2) is 11.1. The van der Waals surface area contributed by atoms with Crippen molar-refractivity contribution in [2.24, 2.45) is 5.73 Å². The molecule has 0 saturated carbocycles. The topological polar surface area (TPSA) is 120 Å². The number of nitrogens with two attached hydrogens (primary N) is 1. The molecule has 9 heteroatoms. The second-order valence-corrected chi connectivity index (χ2v) is 8.78. The molecule has 190 valence electrons. The van der Waals surface area contributed by atoms with E-state index in [4.69, 9.17) is 15.0 Å². The molecule has 0 bridgehead atoms. The van der Waals surface area contributed by atoms with Gasteiger partial charge in [0.05, 0.1) is 12.2 Å². The number of amides is 2. The fraction of sp³-hybridized carbons (Fsp3) is 0.214. The summed E-state index contributed by atoms with van der Waals surface area (Å²) in [6.07, 6.45) is -0.0465. The minimum absolute atomic E-state index is 0.0465. The highest BCUT2D eigenvalue weighted by Gasteiger charge is 2.19. The van der Waals surface area contributed by atoms with Crippen molar-refractivity contribution in [2.45, 2.75) is 32.9 Å². The number of halogens is 1. The molecule has 1 aromatic heterocycles. The highest BCUT2D eigenvalue weighted by molar-refractivity contribution is 5.95. The zero-order chi connectivity index (χ0) is 26.5. The first-order valence-corrected chi connectivity index (χ1v) is 11.7. The highest BCUT2D eigenvalue weighted by atomic mass is 19.1. The molecule has 1 heterocycles. The van der Waals surface area contributed by atoms with E-state index in [1.54, 1.807) is 14.0 Å². The van der Waals surface area contributed by atoms with Crippen molar-refractivity contribution in [1.82, 2.24) is 15.5 Å². The van der Waals surface area contributed by atoms with Crippen LogP contribution in [0.1, 0.15) is 34.8 Å². The molecule has 1 atom stereocenters. The Balaban J connectivity index is 1.58. The van der Waals surface area contributed by atoms with Crippen molar-refractivity contribution < 1.29 is 23.2 Å². The number of carbonyl (C=O) groups excluding carboxylic acids is 2. The van der Waals surface area contributed by atoms with Gasteiger partial charge in [-0.3, -0.25) is 9.59 Å². The zero-order valence-electron chi connectivity index (χ0n) is 20.7. The van der Waals surface area contributed by atoms with Gasteiger partial charge in [-0.25, -0.2) is 4.39 Å². The van der Waals surface area contributed by atoms with E-state index in [0.717, 1.165) is 22.3 Å². The molecule has 0 spiro atoms. The lowest BCUT2D eigenvalue weighted by atomic mass is 9.94. The molecule has 8 nitrogen and oxygen atoms in total. The summed E-state index contributed by atoms with van der Waals surface area (Å²) in [5.41, 5.74) is 10.3. The van der Waals surface area contributed by atoms with E-state index < -0.39 is 23.7 Å². The van der Waals surface area contributed by atoms with Gasteiger partial charge in [-0.15, -0.1) is 0 Å². The number of nitrogens with zero attached hydrogens (tertiary/aromatic N) is 2. The maximum atomic E-state index is 14.8. The van der Waals surface area contributed by atoms with Crippen molar-refractivity contribution in [3.63, 3.8) is 0 Å². The van der Waals surface area contributed by atoms with Crippen LogP contribution in [-0.2, 0) is 16.1 Å². The molecule has 0 aliphatic heterocycles. The lowest BCUT2D eigenvalue weighted by molar-refractivity contribution is -0.118. The number of ether oxygens (including phenoxy) is 1. The smallest absolute Gasteiger partial charge is 0.258 e. The molecule has 0 aliphatic carbocycles. The third-order valence-corrected chi connectivity index (χ3v) is 5.87. The largest absolute Gasteiger partial charge is 0.380 e. The van der Waals surface area contributed by atoms with Gasteiger partial charge in [0.2, 0.25) is 11.7 Å². The number of hydrogen-bond acceptors (Lipinski definition) is 6. The average Bonchev–Trinajstić information content (AvgIpc) is 3.34. The van der Waals surface area contributed by atoms with Gasteiger partial charge in [0.1, 0.15) is 5.82 Å². The lowest BCUT2D eigenvalue weighted by Gasteiger charge is -2.12. The molecule has 37 heavy (non-hydrogen) atoms. The molecule has 0 fully saturated rings. The molecule has 1 unspecified atom stereocenters. The molecule has 0 radical (unpaired) electrons. The van der Waals surface area contributed by atoms with Crippen LogP contribution in [0.15, 0.2) is 65.2 Å². The van der Waals surface area contributed by atoms with E-state index >= 15 is 0 Å². The normalized spacial score (nSPS) is 11.8. The van der Waals surface area contributed by atoms with Crippen molar-refractivity contribution in [3.05, 3.63) is 83.2 Å². The quantitative estimate of drug-likeness (QED) is 0.344. The molecule has 3 aromatic carbocycles. The van der Waals surface area contributed by atoms with Gasteiger partial charge in [0.25, 0.3) is 11.8 Å². The molecule has 2 amide bonds. The summed E-state index contributed by atoms with van der Waals surface area (Å²) >= 11 is 0. The van der Waals surface area contributed by atoms with E-state index in [0.29, 0.717) is 17.7 Å². The number of primary amides is 1. The van der Waals surface area contributed by atoms with Crippen LogP contribution in [0.5, 0.6) is 0 Å². The number of nitrogens with one attached hydrogen (secondary N) is 1. The fourth-order valence-corrected chi connectivity index (χ4v) is 4.09. The Labute approximate surface area is 213 Å². The third kappa shape index (κ3) is 5.90. The number of hydrogen-bond donors (Lipinski definition) is 2. The molecule has 0 saturated heterocycles. The first-order chi connectivity index (χ1) is 17.8. The summed E-state index contributed by atoms with van der Waals surface area (Å²) in [4.78, 5) is 27.8. The fourth-order valence-electron chi connectivity index (χ4n) is 4.09. The van der Waals surface area contributed by atoms with E-state index in [9.17, 15) is 14.0 Å². The third-order valence-electron chi connectivity index (χ3n) is 5.87. The number of aromatic nitrogens is 2. The summed E-state index contributed by atoms with van der Waals surface area (Å²) in [7, 11) is 1.63. The zero-order valence-corrected chi connectivity index (χ0v) is 20.7. The summed E-state index contributed by atoms with van der Waals surface area (Å²) < 4.78 is 25.6. The maximum Gasteiger partial charge on any atom is 0.258 e. The summed E-state index contributed by atoms with van der Waals surface area (Å²) in [6, 6.07) is 17.4. The first-order valence-electron chi connectivity index (χ1n) is 11.7. The van der Waals surface area contributed by atoms with Crippen LogP contribution in [0.25, 0.3) is 34.0 Å².